The molecule has 74 valence electrons. The van der Waals surface area contributed by atoms with E-state index in [4.69, 9.17) is 0 Å². The van der Waals surface area contributed by atoms with E-state index in [1.54, 1.807) is 0 Å². The van der Waals surface area contributed by atoms with E-state index in [1.165, 1.54) is 0 Å². The topological polar surface area (TPSA) is 54.5 Å². The molecule has 0 aliphatic carbocycles. The second-order valence-corrected chi connectivity index (χ2v) is 4.41. The zero-order valence-corrected chi connectivity index (χ0v) is 8.43. The summed E-state index contributed by atoms with van der Waals surface area (Å²) in [5.74, 6) is 0.0124. The molecule has 1 saturated heterocycles. The minimum atomic E-state index is -1.47. The summed E-state index contributed by atoms with van der Waals surface area (Å²) in [5, 5.41) is -0.510. The molecule has 1 rings (SSSR count). The Hall–Kier alpha value is -0.710. The van der Waals surface area contributed by atoms with Gasteiger partial charge in [0, 0.05) is 18.7 Å². The molecular weight excluding hydrogens is 190 g/mol. The number of amides is 2. The number of imide groups is 1. The average molecular weight is 203 g/mol. The molecule has 4 nitrogen and oxygen atoms in total. The summed E-state index contributed by atoms with van der Waals surface area (Å²) in [6, 6.07) is 0. The second kappa shape index (κ2) is 4.50. The minimum absolute atomic E-state index is 0.182. The van der Waals surface area contributed by atoms with Crippen LogP contribution >= 0.6 is 0 Å². The summed E-state index contributed by atoms with van der Waals surface area (Å²) in [6.07, 6.45) is 1.94. The van der Waals surface area contributed by atoms with Crippen molar-refractivity contribution in [1.29, 1.82) is 0 Å². The van der Waals surface area contributed by atoms with Gasteiger partial charge in [-0.1, -0.05) is 13.3 Å². The van der Waals surface area contributed by atoms with Crippen molar-refractivity contribution in [2.45, 2.75) is 26.2 Å². The van der Waals surface area contributed by atoms with Crippen LogP contribution in [0, 0.1) is 0 Å². The molecule has 1 aliphatic rings. The van der Waals surface area contributed by atoms with Crippen LogP contribution in [0.15, 0.2) is 0 Å². The maximum absolute atomic E-state index is 11.2. The summed E-state index contributed by atoms with van der Waals surface area (Å²) in [5.41, 5.74) is 0. The van der Waals surface area contributed by atoms with Crippen molar-refractivity contribution in [2.24, 2.45) is 0 Å². The Balaban J connectivity index is 2.61. The monoisotopic (exact) mass is 203 g/mol. The van der Waals surface area contributed by atoms with Crippen molar-refractivity contribution in [3.63, 3.8) is 0 Å². The molecule has 1 aliphatic heterocycles. The van der Waals surface area contributed by atoms with Gasteiger partial charge in [0.05, 0.1) is 0 Å². The van der Waals surface area contributed by atoms with Gasteiger partial charge < -0.3 is 0 Å². The Morgan fingerprint density at radius 3 is 2.77 bits per heavy atom. The lowest BCUT2D eigenvalue weighted by Gasteiger charge is -2.23. The van der Waals surface area contributed by atoms with Gasteiger partial charge in [0.2, 0.25) is 5.91 Å². The van der Waals surface area contributed by atoms with Gasteiger partial charge in [0.25, 0.3) is 0 Å². The van der Waals surface area contributed by atoms with Crippen LogP contribution < -0.4 is 0 Å². The Morgan fingerprint density at radius 1 is 1.46 bits per heavy atom. The summed E-state index contributed by atoms with van der Waals surface area (Å²) in [6.45, 7) is 2.40. The van der Waals surface area contributed by atoms with E-state index in [1.807, 2.05) is 6.92 Å². The minimum Gasteiger partial charge on any atom is -0.274 e. The highest BCUT2D eigenvalue weighted by atomic mass is 32.2. The Morgan fingerprint density at radius 2 is 2.15 bits per heavy atom. The molecular formula is C8H13NO3S. The lowest BCUT2D eigenvalue weighted by atomic mass is 10.3. The van der Waals surface area contributed by atoms with Crippen LogP contribution in [0.4, 0.5) is 4.79 Å². The van der Waals surface area contributed by atoms with E-state index in [-0.39, 0.29) is 18.1 Å². The van der Waals surface area contributed by atoms with Crippen LogP contribution in [0.3, 0.4) is 0 Å². The predicted octanol–water partition coefficient (Wildman–Crippen LogP) is 0.888. The predicted molar refractivity (Wildman–Crippen MR) is 49.6 cm³/mol. The van der Waals surface area contributed by atoms with Crippen LogP contribution in [-0.2, 0) is 15.6 Å². The average Bonchev–Trinajstić information content (AvgIpc) is 2.12. The number of hydrogen-bond acceptors (Lipinski definition) is 3. The smallest absolute Gasteiger partial charge is 0.274 e. The molecule has 0 aromatic heterocycles. The van der Waals surface area contributed by atoms with Crippen molar-refractivity contribution in [1.82, 2.24) is 4.90 Å². The first-order chi connectivity index (χ1) is 6.16. The number of rotatable bonds is 3. The molecule has 2 amide bonds. The third-order valence-corrected chi connectivity index (χ3v) is 3.14. The summed E-state index contributed by atoms with van der Waals surface area (Å²) < 4.78 is 11.1. The maximum Gasteiger partial charge on any atom is 0.318 e. The molecule has 5 heteroatoms. The van der Waals surface area contributed by atoms with Gasteiger partial charge in [-0.15, -0.1) is 0 Å². The molecule has 1 fully saturated rings. The van der Waals surface area contributed by atoms with Crippen LogP contribution in [0.5, 0.6) is 0 Å². The number of carbonyl (C=O) groups excluding carboxylic acids is 2. The maximum atomic E-state index is 11.2. The third-order valence-electron chi connectivity index (χ3n) is 1.95. The van der Waals surface area contributed by atoms with Gasteiger partial charge in [-0.2, -0.15) is 0 Å². The Labute approximate surface area is 79.7 Å². The first-order valence-electron chi connectivity index (χ1n) is 4.39. The Bertz CT molecular complexity index is 252. The van der Waals surface area contributed by atoms with Gasteiger partial charge in [-0.3, -0.25) is 14.5 Å². The van der Waals surface area contributed by atoms with Crippen molar-refractivity contribution in [2.75, 3.05) is 12.3 Å². The van der Waals surface area contributed by atoms with E-state index in [2.05, 4.69) is 0 Å². The molecule has 1 unspecified atom stereocenters. The van der Waals surface area contributed by atoms with Gasteiger partial charge in [0.1, 0.15) is 10.8 Å². The van der Waals surface area contributed by atoms with Crippen molar-refractivity contribution >= 4 is 21.9 Å². The normalized spacial score (nSPS) is 23.8. The molecule has 0 aromatic carbocycles. The van der Waals surface area contributed by atoms with Gasteiger partial charge in [-0.05, 0) is 6.42 Å². The van der Waals surface area contributed by atoms with E-state index < -0.39 is 16.0 Å². The second-order valence-electron chi connectivity index (χ2n) is 2.96. The number of nitrogens with zero attached hydrogens (tertiary/aromatic N) is 1. The van der Waals surface area contributed by atoms with Gasteiger partial charge in [0.15, 0.2) is 0 Å². The van der Waals surface area contributed by atoms with E-state index in [9.17, 15) is 13.8 Å². The largest absolute Gasteiger partial charge is 0.318 e. The summed E-state index contributed by atoms with van der Waals surface area (Å²) in [4.78, 5) is 23.6. The highest BCUT2D eigenvalue weighted by molar-refractivity contribution is 8.00. The highest BCUT2D eigenvalue weighted by Gasteiger charge is 2.30. The number of unbranched alkanes of at least 4 members (excludes halogenated alkanes) is 1. The van der Waals surface area contributed by atoms with Gasteiger partial charge in [-0.25, -0.2) is 4.21 Å². The molecule has 1 atom stereocenters. The lowest BCUT2D eigenvalue weighted by molar-refractivity contribution is -0.127. The summed E-state index contributed by atoms with van der Waals surface area (Å²) >= 11 is 0. The molecule has 0 bridgehead atoms. The van der Waals surface area contributed by atoms with Crippen molar-refractivity contribution in [3.05, 3.63) is 0 Å². The van der Waals surface area contributed by atoms with E-state index in [0.717, 1.165) is 17.7 Å². The first kappa shape index (κ1) is 10.4. The van der Waals surface area contributed by atoms with Crippen LogP contribution in [0.25, 0.3) is 0 Å². The van der Waals surface area contributed by atoms with Crippen LogP contribution in [0.2, 0.25) is 0 Å². The van der Waals surface area contributed by atoms with E-state index in [0.29, 0.717) is 6.54 Å². The molecule has 0 N–H and O–H groups in total. The van der Waals surface area contributed by atoms with Crippen LogP contribution in [0.1, 0.15) is 26.2 Å². The van der Waals surface area contributed by atoms with E-state index >= 15 is 0 Å². The fourth-order valence-electron chi connectivity index (χ4n) is 1.16. The zero-order chi connectivity index (χ0) is 9.84. The highest BCUT2D eigenvalue weighted by Crippen LogP contribution is 2.10. The zero-order valence-electron chi connectivity index (χ0n) is 7.62. The molecule has 13 heavy (non-hydrogen) atoms. The van der Waals surface area contributed by atoms with Crippen LogP contribution in [-0.4, -0.2) is 32.6 Å². The standard InChI is InChI=1S/C8H13NO3S/c1-2-3-5-9-7(10)4-6-13(12)8(9)11/h2-6H2,1H3. The summed E-state index contributed by atoms with van der Waals surface area (Å²) in [7, 11) is -1.47. The molecule has 0 aromatic rings. The van der Waals surface area contributed by atoms with Crippen molar-refractivity contribution in [3.8, 4) is 0 Å². The molecule has 0 spiro atoms. The fourth-order valence-corrected chi connectivity index (χ4v) is 2.13. The SMILES string of the molecule is CCCCN1C(=O)CCS(=O)C1=O. The quantitative estimate of drug-likeness (QED) is 0.684. The fraction of sp³-hybridized carbons (Fsp3) is 0.750. The number of hydrogen-bond donors (Lipinski definition) is 0. The van der Waals surface area contributed by atoms with Crippen molar-refractivity contribution < 1.29 is 13.8 Å². The number of carbonyl (C=O) groups is 2. The first-order valence-corrected chi connectivity index (χ1v) is 5.71. The molecule has 1 heterocycles. The molecule has 0 saturated carbocycles. The lowest BCUT2D eigenvalue weighted by Crippen LogP contribution is -2.44. The molecule has 0 radical (unpaired) electrons. The Kier molecular flexibility index (Phi) is 3.59. The van der Waals surface area contributed by atoms with Gasteiger partial charge >= 0.3 is 5.24 Å². The third kappa shape index (κ3) is 2.37.